The standard InChI is InChI=1S/C18H14FNO2/c1-10-13-8-11(19)6-7-16(13)22-17(10)9-14-12-4-2-3-5-15(12)20-18(14)21/h2-8,14H,9H2,1H3,(H,20,21)/t14-/m0/s1. The lowest BCUT2D eigenvalue weighted by Crippen LogP contribution is -2.14. The van der Waals surface area contributed by atoms with E-state index in [9.17, 15) is 9.18 Å². The van der Waals surface area contributed by atoms with Crippen LogP contribution in [-0.4, -0.2) is 5.91 Å². The van der Waals surface area contributed by atoms with Crippen LogP contribution in [0.15, 0.2) is 46.9 Å². The third kappa shape index (κ3) is 1.91. The number of aryl methyl sites for hydroxylation is 1. The van der Waals surface area contributed by atoms with Crippen LogP contribution in [0.2, 0.25) is 0 Å². The summed E-state index contributed by atoms with van der Waals surface area (Å²) in [5.41, 5.74) is 3.39. The van der Waals surface area contributed by atoms with Gasteiger partial charge in [0.25, 0.3) is 0 Å². The highest BCUT2D eigenvalue weighted by Crippen LogP contribution is 2.36. The Kier molecular flexibility index (Phi) is 2.79. The molecule has 1 atom stereocenters. The monoisotopic (exact) mass is 295 g/mol. The summed E-state index contributed by atoms with van der Waals surface area (Å²) in [6.45, 7) is 1.90. The fourth-order valence-electron chi connectivity index (χ4n) is 3.10. The number of rotatable bonds is 2. The number of nitrogens with one attached hydrogen (secondary N) is 1. The molecule has 110 valence electrons. The number of benzene rings is 2. The summed E-state index contributed by atoms with van der Waals surface area (Å²) in [6, 6.07) is 12.2. The lowest BCUT2D eigenvalue weighted by atomic mass is 9.94. The summed E-state index contributed by atoms with van der Waals surface area (Å²) in [4.78, 5) is 12.2. The fraction of sp³-hybridized carbons (Fsp3) is 0.167. The van der Waals surface area contributed by atoms with Crippen molar-refractivity contribution in [3.63, 3.8) is 0 Å². The molecular formula is C18H14FNO2. The van der Waals surface area contributed by atoms with E-state index in [0.29, 0.717) is 12.0 Å². The maximum absolute atomic E-state index is 13.4. The molecule has 0 fully saturated rings. The predicted molar refractivity (Wildman–Crippen MR) is 82.4 cm³/mol. The van der Waals surface area contributed by atoms with Crippen LogP contribution in [0.1, 0.15) is 22.8 Å². The highest BCUT2D eigenvalue weighted by atomic mass is 19.1. The molecule has 3 aromatic rings. The molecule has 2 heterocycles. The number of halogens is 1. The average molecular weight is 295 g/mol. The van der Waals surface area contributed by atoms with Gasteiger partial charge < -0.3 is 9.73 Å². The number of para-hydroxylation sites is 1. The van der Waals surface area contributed by atoms with E-state index >= 15 is 0 Å². The molecule has 3 nitrogen and oxygen atoms in total. The first kappa shape index (κ1) is 13.1. The minimum Gasteiger partial charge on any atom is -0.461 e. The van der Waals surface area contributed by atoms with Gasteiger partial charge in [0, 0.05) is 17.5 Å². The van der Waals surface area contributed by atoms with Crippen molar-refractivity contribution in [3.8, 4) is 0 Å². The van der Waals surface area contributed by atoms with E-state index in [2.05, 4.69) is 5.32 Å². The SMILES string of the molecule is Cc1c(C[C@@H]2C(=O)Nc3ccccc32)oc2ccc(F)cc12. The number of hydrogen-bond acceptors (Lipinski definition) is 2. The highest BCUT2D eigenvalue weighted by molar-refractivity contribution is 6.03. The number of furan rings is 1. The Morgan fingerprint density at radius 2 is 2.05 bits per heavy atom. The van der Waals surface area contributed by atoms with E-state index < -0.39 is 0 Å². The van der Waals surface area contributed by atoms with Gasteiger partial charge in [-0.2, -0.15) is 0 Å². The van der Waals surface area contributed by atoms with Crippen LogP contribution in [0.4, 0.5) is 10.1 Å². The van der Waals surface area contributed by atoms with Crippen molar-refractivity contribution in [1.29, 1.82) is 0 Å². The summed E-state index contributed by atoms with van der Waals surface area (Å²) >= 11 is 0. The molecule has 1 aliphatic heterocycles. The summed E-state index contributed by atoms with van der Waals surface area (Å²) < 4.78 is 19.2. The zero-order chi connectivity index (χ0) is 15.3. The topological polar surface area (TPSA) is 42.2 Å². The lowest BCUT2D eigenvalue weighted by molar-refractivity contribution is -0.117. The molecule has 4 rings (SSSR count). The first-order valence-corrected chi connectivity index (χ1v) is 7.21. The summed E-state index contributed by atoms with van der Waals surface area (Å²) in [7, 11) is 0. The molecule has 2 aromatic carbocycles. The second kappa shape index (κ2) is 4.70. The molecule has 0 saturated carbocycles. The molecule has 1 aromatic heterocycles. The Balaban J connectivity index is 1.75. The summed E-state index contributed by atoms with van der Waals surface area (Å²) in [6.07, 6.45) is 0.477. The van der Waals surface area contributed by atoms with Gasteiger partial charge in [-0.25, -0.2) is 4.39 Å². The molecule has 22 heavy (non-hydrogen) atoms. The maximum Gasteiger partial charge on any atom is 0.232 e. The molecule has 4 heteroatoms. The van der Waals surface area contributed by atoms with E-state index in [1.165, 1.54) is 12.1 Å². The van der Waals surface area contributed by atoms with Crippen molar-refractivity contribution in [2.45, 2.75) is 19.3 Å². The van der Waals surface area contributed by atoms with Crippen LogP contribution >= 0.6 is 0 Å². The van der Waals surface area contributed by atoms with Crippen LogP contribution in [0.3, 0.4) is 0 Å². The Bertz CT molecular complexity index is 897. The normalized spacial score (nSPS) is 16.8. The van der Waals surface area contributed by atoms with Crippen molar-refractivity contribution >= 4 is 22.6 Å². The molecule has 0 bridgehead atoms. The van der Waals surface area contributed by atoms with Crippen LogP contribution in [0.25, 0.3) is 11.0 Å². The van der Waals surface area contributed by atoms with Crippen LogP contribution in [0, 0.1) is 12.7 Å². The number of carbonyl (C=O) groups is 1. The van der Waals surface area contributed by atoms with Gasteiger partial charge in [-0.1, -0.05) is 18.2 Å². The maximum atomic E-state index is 13.4. The molecular weight excluding hydrogens is 281 g/mol. The molecule has 1 aliphatic rings. The van der Waals surface area contributed by atoms with E-state index in [1.54, 1.807) is 6.07 Å². The fourth-order valence-corrected chi connectivity index (χ4v) is 3.10. The largest absolute Gasteiger partial charge is 0.461 e. The second-order valence-electron chi connectivity index (χ2n) is 5.62. The third-order valence-electron chi connectivity index (χ3n) is 4.30. The Morgan fingerprint density at radius 3 is 2.91 bits per heavy atom. The molecule has 0 saturated heterocycles. The summed E-state index contributed by atoms with van der Waals surface area (Å²) in [5.74, 6) is 0.164. The van der Waals surface area contributed by atoms with Crippen LogP contribution in [-0.2, 0) is 11.2 Å². The first-order valence-electron chi connectivity index (χ1n) is 7.21. The molecule has 0 spiro atoms. The molecule has 1 amide bonds. The van der Waals surface area contributed by atoms with E-state index in [0.717, 1.165) is 28.0 Å². The van der Waals surface area contributed by atoms with E-state index in [1.807, 2.05) is 31.2 Å². The number of hydrogen-bond donors (Lipinski definition) is 1. The molecule has 0 unspecified atom stereocenters. The number of carbonyl (C=O) groups excluding carboxylic acids is 1. The van der Waals surface area contributed by atoms with E-state index in [4.69, 9.17) is 4.42 Å². The van der Waals surface area contributed by atoms with Gasteiger partial charge in [0.1, 0.15) is 17.2 Å². The Labute approximate surface area is 126 Å². The highest BCUT2D eigenvalue weighted by Gasteiger charge is 2.31. The minimum atomic E-state index is -0.285. The Morgan fingerprint density at radius 1 is 1.23 bits per heavy atom. The second-order valence-corrected chi connectivity index (χ2v) is 5.62. The quantitative estimate of drug-likeness (QED) is 0.771. The van der Waals surface area contributed by atoms with Crippen molar-refractivity contribution in [3.05, 3.63) is 65.2 Å². The number of fused-ring (bicyclic) bond motifs is 2. The molecule has 0 radical (unpaired) electrons. The van der Waals surface area contributed by atoms with Gasteiger partial charge in [0.05, 0.1) is 5.92 Å². The average Bonchev–Trinajstić information content (AvgIpc) is 2.99. The first-order chi connectivity index (χ1) is 10.6. The number of amides is 1. The zero-order valence-electron chi connectivity index (χ0n) is 12.0. The number of anilines is 1. The predicted octanol–water partition coefficient (Wildman–Crippen LogP) is 4.16. The molecule has 1 N–H and O–H groups in total. The smallest absolute Gasteiger partial charge is 0.232 e. The van der Waals surface area contributed by atoms with E-state index in [-0.39, 0.29) is 17.6 Å². The van der Waals surface area contributed by atoms with Gasteiger partial charge in [-0.3, -0.25) is 4.79 Å². The van der Waals surface area contributed by atoms with Gasteiger partial charge in [0.2, 0.25) is 5.91 Å². The van der Waals surface area contributed by atoms with Gasteiger partial charge in [-0.15, -0.1) is 0 Å². The zero-order valence-corrected chi connectivity index (χ0v) is 12.0. The summed E-state index contributed by atoms with van der Waals surface area (Å²) in [5, 5.41) is 3.65. The van der Waals surface area contributed by atoms with Crippen molar-refractivity contribution < 1.29 is 13.6 Å². The van der Waals surface area contributed by atoms with Gasteiger partial charge in [-0.05, 0) is 42.3 Å². The van der Waals surface area contributed by atoms with Crippen molar-refractivity contribution in [2.24, 2.45) is 0 Å². The van der Waals surface area contributed by atoms with Gasteiger partial charge >= 0.3 is 0 Å². The lowest BCUT2D eigenvalue weighted by Gasteiger charge is -2.07. The Hall–Kier alpha value is -2.62. The van der Waals surface area contributed by atoms with Crippen LogP contribution < -0.4 is 5.32 Å². The third-order valence-corrected chi connectivity index (χ3v) is 4.30. The van der Waals surface area contributed by atoms with Crippen LogP contribution in [0.5, 0.6) is 0 Å². The minimum absolute atomic E-state index is 0.0211. The van der Waals surface area contributed by atoms with Gasteiger partial charge in [0.15, 0.2) is 0 Å². The van der Waals surface area contributed by atoms with Crippen molar-refractivity contribution in [1.82, 2.24) is 0 Å². The molecule has 0 aliphatic carbocycles. The van der Waals surface area contributed by atoms with Crippen molar-refractivity contribution in [2.75, 3.05) is 5.32 Å².